The zero-order valence-corrected chi connectivity index (χ0v) is 11.5. The van der Waals surface area contributed by atoms with E-state index >= 15 is 0 Å². The summed E-state index contributed by atoms with van der Waals surface area (Å²) in [5, 5.41) is -0.0562. The number of carbonyl (C=O) groups is 1. The third-order valence-corrected chi connectivity index (χ3v) is 3.45. The Labute approximate surface area is 113 Å². The molecule has 1 aliphatic rings. The minimum absolute atomic E-state index is 0.0562. The van der Waals surface area contributed by atoms with Gasteiger partial charge in [-0.2, -0.15) is 0 Å². The van der Waals surface area contributed by atoms with E-state index in [-0.39, 0.29) is 17.3 Å². The molecule has 98 valence electrons. The van der Waals surface area contributed by atoms with Gasteiger partial charge < -0.3 is 9.64 Å². The first-order valence-electron chi connectivity index (χ1n) is 6.19. The number of rotatable bonds is 4. The first kappa shape index (κ1) is 13.2. The number of alkyl halides is 1. The summed E-state index contributed by atoms with van der Waals surface area (Å²) in [4.78, 5) is 13.5. The van der Waals surface area contributed by atoms with Gasteiger partial charge in [0.1, 0.15) is 12.4 Å². The summed E-state index contributed by atoms with van der Waals surface area (Å²) in [6.07, 6.45) is 0.441. The van der Waals surface area contributed by atoms with Gasteiger partial charge in [-0.25, -0.2) is 0 Å². The number of hydrogen-bond acceptors (Lipinski definition) is 2. The molecular weight excluding hydrogens is 250 g/mol. The Kier molecular flexibility index (Phi) is 4.12. The zero-order chi connectivity index (χ0) is 13.1. The van der Waals surface area contributed by atoms with Crippen LogP contribution >= 0.6 is 11.6 Å². The standard InChI is InChI=1S/C14H18ClNO2/c1-10-3-5-13(6-4-10)18-9-11(2)16-8-12(15)7-14(16)17/h3-6,11-12H,7-9H2,1-2H3. The minimum atomic E-state index is -0.0562. The molecule has 0 spiro atoms. The number of ether oxygens (including phenoxy) is 1. The van der Waals surface area contributed by atoms with Gasteiger partial charge in [-0.05, 0) is 26.0 Å². The molecule has 2 rings (SSSR count). The molecule has 3 nitrogen and oxygen atoms in total. The highest BCUT2D eigenvalue weighted by molar-refractivity contribution is 6.22. The van der Waals surface area contributed by atoms with Crippen LogP contribution in [-0.4, -0.2) is 35.4 Å². The van der Waals surface area contributed by atoms with Crippen LogP contribution in [0, 0.1) is 6.92 Å². The molecule has 1 aliphatic heterocycles. The number of nitrogens with zero attached hydrogens (tertiary/aromatic N) is 1. The molecular formula is C14H18ClNO2. The van der Waals surface area contributed by atoms with Gasteiger partial charge in [-0.1, -0.05) is 17.7 Å². The van der Waals surface area contributed by atoms with Gasteiger partial charge in [-0.3, -0.25) is 4.79 Å². The monoisotopic (exact) mass is 267 g/mol. The van der Waals surface area contributed by atoms with Crippen molar-refractivity contribution in [2.45, 2.75) is 31.7 Å². The molecule has 2 atom stereocenters. The Morgan fingerprint density at radius 3 is 2.67 bits per heavy atom. The van der Waals surface area contributed by atoms with E-state index in [0.717, 1.165) is 5.75 Å². The van der Waals surface area contributed by atoms with Crippen LogP contribution in [-0.2, 0) is 4.79 Å². The van der Waals surface area contributed by atoms with Gasteiger partial charge in [0, 0.05) is 13.0 Å². The van der Waals surface area contributed by atoms with Gasteiger partial charge in [0.2, 0.25) is 5.91 Å². The third kappa shape index (κ3) is 3.16. The highest BCUT2D eigenvalue weighted by Crippen LogP contribution is 2.19. The molecule has 1 amide bonds. The topological polar surface area (TPSA) is 29.5 Å². The maximum atomic E-state index is 11.7. The summed E-state index contributed by atoms with van der Waals surface area (Å²) in [5.74, 6) is 0.955. The Hall–Kier alpha value is -1.22. The van der Waals surface area contributed by atoms with Crippen LogP contribution in [0.5, 0.6) is 5.75 Å². The van der Waals surface area contributed by atoms with Crippen LogP contribution in [0.15, 0.2) is 24.3 Å². The molecule has 0 aliphatic carbocycles. The predicted octanol–water partition coefficient (Wildman–Crippen LogP) is 2.60. The van der Waals surface area contributed by atoms with Crippen molar-refractivity contribution in [2.24, 2.45) is 0 Å². The van der Waals surface area contributed by atoms with E-state index in [1.807, 2.05) is 38.1 Å². The quantitative estimate of drug-likeness (QED) is 0.785. The predicted molar refractivity (Wildman–Crippen MR) is 72.1 cm³/mol. The lowest BCUT2D eigenvalue weighted by Gasteiger charge is -2.24. The maximum Gasteiger partial charge on any atom is 0.224 e. The lowest BCUT2D eigenvalue weighted by atomic mass is 10.2. The second kappa shape index (κ2) is 5.61. The van der Waals surface area contributed by atoms with Crippen LogP contribution in [0.25, 0.3) is 0 Å². The van der Waals surface area contributed by atoms with E-state index in [9.17, 15) is 4.79 Å². The van der Waals surface area contributed by atoms with Crippen molar-refractivity contribution in [1.82, 2.24) is 4.90 Å². The molecule has 1 heterocycles. The fourth-order valence-electron chi connectivity index (χ4n) is 2.05. The molecule has 1 fully saturated rings. The Balaban J connectivity index is 1.86. The average molecular weight is 268 g/mol. The maximum absolute atomic E-state index is 11.7. The van der Waals surface area contributed by atoms with Crippen molar-refractivity contribution in [3.8, 4) is 5.75 Å². The lowest BCUT2D eigenvalue weighted by molar-refractivity contribution is -0.129. The fourth-order valence-corrected chi connectivity index (χ4v) is 2.33. The van der Waals surface area contributed by atoms with E-state index in [0.29, 0.717) is 19.6 Å². The van der Waals surface area contributed by atoms with Crippen LogP contribution in [0.4, 0.5) is 0 Å². The summed E-state index contributed by atoms with van der Waals surface area (Å²) in [6.45, 7) is 5.15. The largest absolute Gasteiger partial charge is 0.491 e. The summed E-state index contributed by atoms with van der Waals surface area (Å²) >= 11 is 5.98. The molecule has 0 aromatic heterocycles. The van der Waals surface area contributed by atoms with E-state index < -0.39 is 0 Å². The minimum Gasteiger partial charge on any atom is -0.491 e. The van der Waals surface area contributed by atoms with E-state index in [2.05, 4.69) is 0 Å². The zero-order valence-electron chi connectivity index (χ0n) is 10.7. The number of amides is 1. The van der Waals surface area contributed by atoms with Gasteiger partial charge in [0.05, 0.1) is 11.4 Å². The SMILES string of the molecule is Cc1ccc(OCC(C)N2CC(Cl)CC2=O)cc1. The van der Waals surface area contributed by atoms with Gasteiger partial charge in [0.25, 0.3) is 0 Å². The highest BCUT2D eigenvalue weighted by Gasteiger charge is 2.31. The third-order valence-electron chi connectivity index (χ3n) is 3.16. The van der Waals surface area contributed by atoms with Gasteiger partial charge in [0.15, 0.2) is 0 Å². The smallest absolute Gasteiger partial charge is 0.224 e. The average Bonchev–Trinajstić information content (AvgIpc) is 2.67. The number of halogens is 1. The van der Waals surface area contributed by atoms with Gasteiger partial charge >= 0.3 is 0 Å². The number of likely N-dealkylation sites (tertiary alicyclic amines) is 1. The van der Waals surface area contributed by atoms with Crippen molar-refractivity contribution in [2.75, 3.05) is 13.2 Å². The highest BCUT2D eigenvalue weighted by atomic mass is 35.5. The molecule has 1 aromatic carbocycles. The van der Waals surface area contributed by atoms with E-state index in [4.69, 9.17) is 16.3 Å². The van der Waals surface area contributed by atoms with Crippen molar-refractivity contribution < 1.29 is 9.53 Å². The Bertz CT molecular complexity index is 418. The number of benzene rings is 1. The summed E-state index contributed by atoms with van der Waals surface area (Å²) < 4.78 is 5.68. The van der Waals surface area contributed by atoms with Crippen LogP contribution in [0.3, 0.4) is 0 Å². The first-order valence-corrected chi connectivity index (χ1v) is 6.63. The molecule has 0 N–H and O–H groups in total. The molecule has 0 radical (unpaired) electrons. The summed E-state index contributed by atoms with van der Waals surface area (Å²) in [5.41, 5.74) is 1.20. The van der Waals surface area contributed by atoms with Crippen molar-refractivity contribution >= 4 is 17.5 Å². The molecule has 1 aromatic rings. The van der Waals surface area contributed by atoms with Crippen LogP contribution < -0.4 is 4.74 Å². The number of aryl methyl sites for hydroxylation is 1. The Morgan fingerprint density at radius 2 is 2.11 bits per heavy atom. The normalized spacial score (nSPS) is 21.2. The second-order valence-corrected chi connectivity index (χ2v) is 5.44. The summed E-state index contributed by atoms with van der Waals surface area (Å²) in [7, 11) is 0. The van der Waals surface area contributed by atoms with Crippen molar-refractivity contribution in [3.05, 3.63) is 29.8 Å². The molecule has 4 heteroatoms. The lowest BCUT2D eigenvalue weighted by Crippen LogP contribution is -2.38. The van der Waals surface area contributed by atoms with Gasteiger partial charge in [-0.15, -0.1) is 11.6 Å². The summed E-state index contributed by atoms with van der Waals surface area (Å²) in [6, 6.07) is 7.96. The molecule has 18 heavy (non-hydrogen) atoms. The molecule has 0 bridgehead atoms. The van der Waals surface area contributed by atoms with E-state index in [1.54, 1.807) is 4.90 Å². The molecule has 0 saturated carbocycles. The van der Waals surface area contributed by atoms with Crippen molar-refractivity contribution in [1.29, 1.82) is 0 Å². The number of carbonyl (C=O) groups excluding carboxylic acids is 1. The second-order valence-electron chi connectivity index (χ2n) is 4.82. The molecule has 2 unspecified atom stereocenters. The fraction of sp³-hybridized carbons (Fsp3) is 0.500. The van der Waals surface area contributed by atoms with E-state index in [1.165, 1.54) is 5.56 Å². The Morgan fingerprint density at radius 1 is 1.44 bits per heavy atom. The van der Waals surface area contributed by atoms with Crippen LogP contribution in [0.2, 0.25) is 0 Å². The molecule has 1 saturated heterocycles. The van der Waals surface area contributed by atoms with Crippen molar-refractivity contribution in [3.63, 3.8) is 0 Å². The first-order chi connectivity index (χ1) is 8.56. The van der Waals surface area contributed by atoms with Crippen LogP contribution in [0.1, 0.15) is 18.9 Å². The number of hydrogen-bond donors (Lipinski definition) is 0.